The van der Waals surface area contributed by atoms with Crippen LogP contribution >= 0.6 is 0 Å². The molecule has 0 bridgehead atoms. The van der Waals surface area contributed by atoms with Crippen LogP contribution in [0.4, 0.5) is 4.79 Å². The van der Waals surface area contributed by atoms with Crippen molar-refractivity contribution in [1.29, 1.82) is 0 Å². The van der Waals surface area contributed by atoms with Gasteiger partial charge in [0.2, 0.25) is 0 Å². The van der Waals surface area contributed by atoms with E-state index in [1.54, 1.807) is 0 Å². The van der Waals surface area contributed by atoms with Crippen LogP contribution in [0.15, 0.2) is 35.4 Å². The van der Waals surface area contributed by atoms with Crippen molar-refractivity contribution in [2.24, 2.45) is 5.11 Å². The second-order valence-electron chi connectivity index (χ2n) is 7.12. The van der Waals surface area contributed by atoms with Gasteiger partial charge in [0, 0.05) is 30.6 Å². The molecule has 1 fully saturated rings. The van der Waals surface area contributed by atoms with Gasteiger partial charge in [-0.3, -0.25) is 4.90 Å². The maximum absolute atomic E-state index is 12.0. The van der Waals surface area contributed by atoms with Crippen LogP contribution in [-0.4, -0.2) is 41.8 Å². The minimum absolute atomic E-state index is 0.104. The van der Waals surface area contributed by atoms with Gasteiger partial charge in [-0.15, -0.1) is 0 Å². The zero-order valence-corrected chi connectivity index (χ0v) is 14.5. The first kappa shape index (κ1) is 18.1. The Morgan fingerprint density at radius 3 is 2.71 bits per heavy atom. The maximum Gasteiger partial charge on any atom is 0.407 e. The van der Waals surface area contributed by atoms with Gasteiger partial charge in [-0.1, -0.05) is 35.4 Å². The molecule has 1 aromatic carbocycles. The summed E-state index contributed by atoms with van der Waals surface area (Å²) in [4.78, 5) is 17.1. The number of carbonyl (C=O) groups excluding carboxylic acids is 1. The number of benzene rings is 1. The minimum Gasteiger partial charge on any atom is -0.444 e. The molecule has 0 spiro atoms. The number of azide groups is 1. The third kappa shape index (κ3) is 6.10. The van der Waals surface area contributed by atoms with Crippen molar-refractivity contribution in [2.45, 2.75) is 51.4 Å². The smallest absolute Gasteiger partial charge is 0.407 e. The fraction of sp³-hybridized carbons (Fsp3) is 0.588. The van der Waals surface area contributed by atoms with Crippen molar-refractivity contribution in [3.05, 3.63) is 46.3 Å². The summed E-state index contributed by atoms with van der Waals surface area (Å²) in [6.45, 7) is 7.63. The number of alkyl carbamates (subject to hydrolysis) is 1. The Hall–Kier alpha value is -2.24. The molecule has 1 amide bonds. The standard InChI is InChI=1S/C17H25N5O2/c1-17(2,3)24-16(23)19-14-9-15(20-21-18)12-22(11-14)10-13-7-5-4-6-8-13/h4-8,14-15H,9-12H2,1-3H3,(H,19,23)/t14-,15+/m0/s1. The zero-order chi connectivity index (χ0) is 17.6. The third-order valence-corrected chi connectivity index (χ3v) is 3.69. The molecule has 0 unspecified atom stereocenters. The number of amides is 1. The normalized spacial score (nSPS) is 21.6. The summed E-state index contributed by atoms with van der Waals surface area (Å²) in [5.41, 5.74) is 9.40. The number of likely N-dealkylation sites (tertiary alicyclic amines) is 1. The van der Waals surface area contributed by atoms with Crippen LogP contribution in [0.1, 0.15) is 32.8 Å². The number of ether oxygens (including phenoxy) is 1. The van der Waals surface area contributed by atoms with Crippen LogP contribution in [0.5, 0.6) is 0 Å². The highest BCUT2D eigenvalue weighted by Crippen LogP contribution is 2.17. The van der Waals surface area contributed by atoms with Gasteiger partial charge in [0.15, 0.2) is 0 Å². The summed E-state index contributed by atoms with van der Waals surface area (Å²) in [6.07, 6.45) is 0.183. The van der Waals surface area contributed by atoms with Gasteiger partial charge in [-0.2, -0.15) is 0 Å². The molecule has 130 valence electrons. The van der Waals surface area contributed by atoms with E-state index in [-0.39, 0.29) is 12.1 Å². The van der Waals surface area contributed by atoms with Crippen molar-refractivity contribution < 1.29 is 9.53 Å². The number of carbonyl (C=O) groups is 1. The van der Waals surface area contributed by atoms with Gasteiger partial charge < -0.3 is 10.1 Å². The van der Waals surface area contributed by atoms with Crippen LogP contribution in [-0.2, 0) is 11.3 Å². The Morgan fingerprint density at radius 2 is 2.08 bits per heavy atom. The number of hydrogen-bond acceptors (Lipinski definition) is 4. The van der Waals surface area contributed by atoms with Crippen molar-refractivity contribution in [2.75, 3.05) is 13.1 Å². The first-order chi connectivity index (χ1) is 11.4. The van der Waals surface area contributed by atoms with Gasteiger partial charge in [-0.05, 0) is 38.3 Å². The average Bonchev–Trinajstić information content (AvgIpc) is 2.46. The summed E-state index contributed by atoms with van der Waals surface area (Å²) in [5.74, 6) is 0. The molecule has 2 atom stereocenters. The van der Waals surface area contributed by atoms with E-state index in [9.17, 15) is 4.79 Å². The molecule has 1 aromatic rings. The van der Waals surface area contributed by atoms with Crippen LogP contribution in [0.2, 0.25) is 0 Å². The molecule has 1 saturated heterocycles. The summed E-state index contributed by atoms with van der Waals surface area (Å²) in [6, 6.07) is 9.84. The highest BCUT2D eigenvalue weighted by molar-refractivity contribution is 5.68. The van der Waals surface area contributed by atoms with Gasteiger partial charge in [0.05, 0.1) is 6.04 Å². The highest BCUT2D eigenvalue weighted by atomic mass is 16.6. The Kier molecular flexibility index (Phi) is 6.06. The minimum atomic E-state index is -0.535. The monoisotopic (exact) mass is 331 g/mol. The van der Waals surface area contributed by atoms with Gasteiger partial charge in [-0.25, -0.2) is 4.79 Å². The van der Waals surface area contributed by atoms with Crippen molar-refractivity contribution in [3.8, 4) is 0 Å². The molecule has 1 aliphatic rings. The Bertz CT molecular complexity index is 593. The van der Waals surface area contributed by atoms with E-state index in [2.05, 4.69) is 32.4 Å². The van der Waals surface area contributed by atoms with E-state index in [0.29, 0.717) is 19.5 Å². The molecule has 0 aromatic heterocycles. The van der Waals surface area contributed by atoms with Crippen LogP contribution in [0.3, 0.4) is 0 Å². The predicted molar refractivity (Wildman–Crippen MR) is 92.4 cm³/mol. The van der Waals surface area contributed by atoms with E-state index >= 15 is 0 Å². The van der Waals surface area contributed by atoms with E-state index < -0.39 is 11.7 Å². The molecule has 1 aliphatic heterocycles. The lowest BCUT2D eigenvalue weighted by Crippen LogP contribution is -2.52. The van der Waals surface area contributed by atoms with Gasteiger partial charge in [0.1, 0.15) is 5.60 Å². The molecular formula is C17H25N5O2. The van der Waals surface area contributed by atoms with E-state index in [4.69, 9.17) is 10.3 Å². The van der Waals surface area contributed by atoms with Crippen LogP contribution in [0.25, 0.3) is 10.4 Å². The first-order valence-corrected chi connectivity index (χ1v) is 8.16. The van der Waals surface area contributed by atoms with Crippen molar-refractivity contribution in [3.63, 3.8) is 0 Å². The molecule has 2 rings (SSSR count). The number of piperidine rings is 1. The summed E-state index contributed by atoms with van der Waals surface area (Å²) in [5, 5.41) is 6.75. The summed E-state index contributed by atoms with van der Waals surface area (Å²) in [7, 11) is 0. The SMILES string of the molecule is CC(C)(C)OC(=O)N[C@H]1C[C@@H](N=[N+]=[N-])CN(Cc2ccccc2)C1. The predicted octanol–water partition coefficient (Wildman–Crippen LogP) is 3.46. The average molecular weight is 331 g/mol. The van der Waals surface area contributed by atoms with E-state index in [0.717, 1.165) is 6.54 Å². The molecule has 7 nitrogen and oxygen atoms in total. The second kappa shape index (κ2) is 8.04. The maximum atomic E-state index is 12.0. The largest absolute Gasteiger partial charge is 0.444 e. The quantitative estimate of drug-likeness (QED) is 0.520. The molecule has 1 heterocycles. The molecule has 0 aliphatic carbocycles. The van der Waals surface area contributed by atoms with E-state index in [1.165, 1.54) is 5.56 Å². The molecule has 0 saturated carbocycles. The first-order valence-electron chi connectivity index (χ1n) is 8.16. The topological polar surface area (TPSA) is 90.3 Å². The third-order valence-electron chi connectivity index (χ3n) is 3.69. The lowest BCUT2D eigenvalue weighted by molar-refractivity contribution is 0.0463. The van der Waals surface area contributed by atoms with Crippen molar-refractivity contribution in [1.82, 2.24) is 10.2 Å². The van der Waals surface area contributed by atoms with Crippen molar-refractivity contribution >= 4 is 6.09 Å². The fourth-order valence-corrected chi connectivity index (χ4v) is 2.87. The lowest BCUT2D eigenvalue weighted by Gasteiger charge is -2.36. The summed E-state index contributed by atoms with van der Waals surface area (Å²) >= 11 is 0. The van der Waals surface area contributed by atoms with Gasteiger partial charge in [0.25, 0.3) is 0 Å². The fourth-order valence-electron chi connectivity index (χ4n) is 2.87. The molecule has 1 N–H and O–H groups in total. The highest BCUT2D eigenvalue weighted by Gasteiger charge is 2.29. The van der Waals surface area contributed by atoms with Crippen LogP contribution in [0, 0.1) is 0 Å². The molecule has 24 heavy (non-hydrogen) atoms. The summed E-state index contributed by atoms with van der Waals surface area (Å²) < 4.78 is 5.32. The molecular weight excluding hydrogens is 306 g/mol. The Morgan fingerprint density at radius 1 is 1.38 bits per heavy atom. The molecule has 7 heteroatoms. The second-order valence-corrected chi connectivity index (χ2v) is 7.12. The lowest BCUT2D eigenvalue weighted by atomic mass is 10.0. The number of rotatable bonds is 4. The number of nitrogens with zero attached hydrogens (tertiary/aromatic N) is 4. The zero-order valence-electron chi connectivity index (χ0n) is 14.5. The Labute approximate surface area is 142 Å². The van der Waals surface area contributed by atoms with Gasteiger partial charge >= 0.3 is 6.09 Å². The van der Waals surface area contributed by atoms with E-state index in [1.807, 2.05) is 39.0 Å². The molecule has 0 radical (unpaired) electrons. The number of nitrogens with one attached hydrogen (secondary N) is 1. The Balaban J connectivity index is 2.00. The van der Waals surface area contributed by atoms with Crippen LogP contribution < -0.4 is 5.32 Å². The number of hydrogen-bond donors (Lipinski definition) is 1.